The molecule has 0 fully saturated rings. The lowest BCUT2D eigenvalue weighted by atomic mass is 10.0. The van der Waals surface area contributed by atoms with Gasteiger partial charge in [0.15, 0.2) is 0 Å². The number of hydrogen-bond donors (Lipinski definition) is 3. The zero-order valence-corrected chi connectivity index (χ0v) is 14.5. The minimum absolute atomic E-state index is 0.0841. The van der Waals surface area contributed by atoms with E-state index < -0.39 is 0 Å². The van der Waals surface area contributed by atoms with Gasteiger partial charge < -0.3 is 15.5 Å². The van der Waals surface area contributed by atoms with Crippen LogP contribution in [0.25, 0.3) is 5.69 Å². The van der Waals surface area contributed by atoms with Gasteiger partial charge in [-0.3, -0.25) is 9.36 Å². The molecule has 0 radical (unpaired) electrons. The molecule has 5 nitrogen and oxygen atoms in total. The molecule has 2 aliphatic carbocycles. The zero-order chi connectivity index (χ0) is 18.5. The van der Waals surface area contributed by atoms with Crippen molar-refractivity contribution in [1.29, 1.82) is 0 Å². The Labute approximate surface area is 156 Å². The Kier molecular flexibility index (Phi) is 3.37. The van der Waals surface area contributed by atoms with Crippen LogP contribution < -0.4 is 5.32 Å². The summed E-state index contributed by atoms with van der Waals surface area (Å²) in [6.45, 7) is 0. The Morgan fingerprint density at radius 2 is 1.48 bits per heavy atom. The van der Waals surface area contributed by atoms with Gasteiger partial charge in [0.1, 0.15) is 0 Å². The first-order chi connectivity index (χ1) is 13.1. The summed E-state index contributed by atoms with van der Waals surface area (Å²) < 4.78 is 1.45. The number of nitrogens with zero attached hydrogens (tertiary/aromatic N) is 1. The van der Waals surface area contributed by atoms with Crippen LogP contribution in [0.15, 0.2) is 66.7 Å². The molecule has 27 heavy (non-hydrogen) atoms. The summed E-state index contributed by atoms with van der Waals surface area (Å²) in [4.78, 5) is 12.4. The minimum Gasteiger partial charge on any atom is -0.494 e. The molecular formula is C22H18N2O3. The van der Waals surface area contributed by atoms with Crippen molar-refractivity contribution in [1.82, 2.24) is 4.57 Å². The first-order valence-electron chi connectivity index (χ1n) is 8.95. The third kappa shape index (κ3) is 2.35. The van der Waals surface area contributed by atoms with E-state index in [4.69, 9.17) is 0 Å². The minimum atomic E-state index is -0.210. The molecule has 0 aliphatic heterocycles. The van der Waals surface area contributed by atoms with E-state index in [1.54, 1.807) is 24.3 Å². The Hall–Kier alpha value is -3.47. The van der Waals surface area contributed by atoms with E-state index in [1.165, 1.54) is 4.57 Å². The summed E-state index contributed by atoms with van der Waals surface area (Å²) >= 11 is 0. The Morgan fingerprint density at radius 3 is 2.07 bits per heavy atom. The van der Waals surface area contributed by atoms with Crippen LogP contribution in [0.5, 0.6) is 11.8 Å². The summed E-state index contributed by atoms with van der Waals surface area (Å²) in [5.74, 6) is 0.307. The molecular weight excluding hydrogens is 340 g/mol. The molecule has 2 aliphatic rings. The molecule has 0 spiro atoms. The summed E-state index contributed by atoms with van der Waals surface area (Å²) in [5.41, 5.74) is 3.50. The summed E-state index contributed by atoms with van der Waals surface area (Å²) in [6.07, 6.45) is 5.10. The van der Waals surface area contributed by atoms with Crippen LogP contribution in [0, 0.1) is 0 Å². The van der Waals surface area contributed by atoms with Crippen molar-refractivity contribution in [2.24, 2.45) is 0 Å². The Balaban J connectivity index is 1.44. The van der Waals surface area contributed by atoms with E-state index in [0.717, 1.165) is 23.2 Å². The van der Waals surface area contributed by atoms with Crippen LogP contribution >= 0.6 is 0 Å². The smallest absolute Gasteiger partial charge is 0.255 e. The number of aromatic nitrogens is 1. The fourth-order valence-corrected chi connectivity index (χ4v) is 4.17. The second-order valence-electron chi connectivity index (χ2n) is 7.01. The first kappa shape index (κ1) is 15.8. The maximum atomic E-state index is 12.4. The van der Waals surface area contributed by atoms with Crippen LogP contribution in [0.2, 0.25) is 0 Å². The van der Waals surface area contributed by atoms with E-state index in [0.29, 0.717) is 11.3 Å². The molecule has 2 bridgehead atoms. The number of benzene rings is 2. The van der Waals surface area contributed by atoms with Gasteiger partial charge in [-0.15, -0.1) is 0 Å². The monoisotopic (exact) mass is 358 g/mol. The van der Waals surface area contributed by atoms with Gasteiger partial charge in [0.05, 0.1) is 5.69 Å². The fourth-order valence-electron chi connectivity index (χ4n) is 4.17. The molecule has 1 aromatic heterocycles. The van der Waals surface area contributed by atoms with Gasteiger partial charge in [-0.05, 0) is 42.8 Å². The number of hydrogen-bond acceptors (Lipinski definition) is 3. The number of para-hydroxylation sites is 1. The Bertz CT molecular complexity index is 1030. The van der Waals surface area contributed by atoms with Crippen molar-refractivity contribution in [2.45, 2.75) is 18.3 Å². The SMILES string of the molecule is O=C(Nc1ccccc1)c1ccc(-n2c(O)c3c(c2O)[C@H]2C=C[C@@H]3C2)cc1. The number of rotatable bonds is 3. The summed E-state index contributed by atoms with van der Waals surface area (Å²) in [6, 6.07) is 16.1. The third-order valence-corrected chi connectivity index (χ3v) is 5.44. The van der Waals surface area contributed by atoms with E-state index in [1.807, 2.05) is 30.3 Å². The molecule has 1 heterocycles. The van der Waals surface area contributed by atoms with Crippen LogP contribution in [0.3, 0.4) is 0 Å². The van der Waals surface area contributed by atoms with Crippen LogP contribution in [-0.2, 0) is 0 Å². The molecule has 3 aromatic rings. The molecule has 134 valence electrons. The van der Waals surface area contributed by atoms with Gasteiger partial charge in [0.2, 0.25) is 11.8 Å². The number of carbonyl (C=O) groups excluding carboxylic acids is 1. The van der Waals surface area contributed by atoms with Crippen molar-refractivity contribution in [3.8, 4) is 17.4 Å². The second-order valence-corrected chi connectivity index (χ2v) is 7.01. The number of fused-ring (bicyclic) bond motifs is 5. The predicted octanol–water partition coefficient (Wildman–Crippen LogP) is 4.28. The molecule has 0 saturated carbocycles. The molecule has 0 unspecified atom stereocenters. The normalized spacial score (nSPS) is 19.3. The summed E-state index contributed by atoms with van der Waals surface area (Å²) in [7, 11) is 0. The predicted molar refractivity (Wildman–Crippen MR) is 103 cm³/mol. The number of amides is 1. The number of carbonyl (C=O) groups is 1. The van der Waals surface area contributed by atoms with Crippen molar-refractivity contribution in [3.63, 3.8) is 0 Å². The quantitative estimate of drug-likeness (QED) is 0.612. The standard InChI is InChI=1S/C22H18N2O3/c25-20(23-16-4-2-1-3-5-16)13-8-10-17(11-9-13)24-21(26)18-14-6-7-15(12-14)19(18)22(24)27/h1-11,14-15,26-27H,12H2,(H,23,25)/t14-,15+. The number of anilines is 1. The average molecular weight is 358 g/mol. The second kappa shape index (κ2) is 5.77. The largest absolute Gasteiger partial charge is 0.494 e. The lowest BCUT2D eigenvalue weighted by Gasteiger charge is -2.11. The highest BCUT2D eigenvalue weighted by molar-refractivity contribution is 6.04. The van der Waals surface area contributed by atoms with Crippen LogP contribution in [0.1, 0.15) is 39.7 Å². The van der Waals surface area contributed by atoms with E-state index >= 15 is 0 Å². The average Bonchev–Trinajstić information content (AvgIpc) is 3.37. The maximum absolute atomic E-state index is 12.4. The van der Waals surface area contributed by atoms with Crippen LogP contribution in [-0.4, -0.2) is 20.7 Å². The highest BCUT2D eigenvalue weighted by Gasteiger charge is 2.41. The lowest BCUT2D eigenvalue weighted by molar-refractivity contribution is 0.102. The van der Waals surface area contributed by atoms with Gasteiger partial charge in [-0.2, -0.15) is 0 Å². The molecule has 0 saturated heterocycles. The third-order valence-electron chi connectivity index (χ3n) is 5.44. The number of aromatic hydroxyl groups is 2. The Morgan fingerprint density at radius 1 is 0.889 bits per heavy atom. The van der Waals surface area contributed by atoms with Gasteiger partial charge >= 0.3 is 0 Å². The van der Waals surface area contributed by atoms with Gasteiger partial charge in [-0.1, -0.05) is 30.4 Å². The fraction of sp³-hybridized carbons (Fsp3) is 0.136. The van der Waals surface area contributed by atoms with Gasteiger partial charge in [-0.25, -0.2) is 0 Å². The van der Waals surface area contributed by atoms with Crippen LogP contribution in [0.4, 0.5) is 5.69 Å². The maximum Gasteiger partial charge on any atom is 0.255 e. The topological polar surface area (TPSA) is 74.5 Å². The first-order valence-corrected chi connectivity index (χ1v) is 8.95. The zero-order valence-electron chi connectivity index (χ0n) is 14.5. The van der Waals surface area contributed by atoms with Gasteiger partial charge in [0, 0.05) is 34.2 Å². The van der Waals surface area contributed by atoms with Crippen molar-refractivity contribution in [2.75, 3.05) is 5.32 Å². The van der Waals surface area contributed by atoms with Gasteiger partial charge in [0.25, 0.3) is 5.91 Å². The highest BCUT2D eigenvalue weighted by atomic mass is 16.3. The molecule has 5 rings (SSSR count). The molecule has 5 heteroatoms. The number of nitrogens with one attached hydrogen (secondary N) is 1. The molecule has 2 aromatic carbocycles. The number of allylic oxidation sites excluding steroid dienone is 2. The summed E-state index contributed by atoms with van der Waals surface area (Å²) in [5, 5.41) is 24.2. The van der Waals surface area contributed by atoms with Crippen molar-refractivity contribution >= 4 is 11.6 Å². The lowest BCUT2D eigenvalue weighted by Crippen LogP contribution is -2.11. The van der Waals surface area contributed by atoms with E-state index in [9.17, 15) is 15.0 Å². The molecule has 2 atom stereocenters. The molecule has 1 amide bonds. The van der Waals surface area contributed by atoms with E-state index in [2.05, 4.69) is 17.5 Å². The van der Waals surface area contributed by atoms with Crippen molar-refractivity contribution in [3.05, 3.63) is 83.4 Å². The van der Waals surface area contributed by atoms with E-state index in [-0.39, 0.29) is 29.5 Å². The van der Waals surface area contributed by atoms with Crippen molar-refractivity contribution < 1.29 is 15.0 Å². The highest BCUT2D eigenvalue weighted by Crippen LogP contribution is 2.57. The molecule has 3 N–H and O–H groups in total.